The van der Waals surface area contributed by atoms with Crippen LogP contribution in [-0.4, -0.2) is 54.4 Å². The summed E-state index contributed by atoms with van der Waals surface area (Å²) in [5, 5.41) is 0.549. The van der Waals surface area contributed by atoms with Crippen LogP contribution in [0.2, 0.25) is 5.02 Å². The predicted molar refractivity (Wildman–Crippen MR) is 105 cm³/mol. The molecule has 2 aromatic rings. The summed E-state index contributed by atoms with van der Waals surface area (Å²) >= 11 is 5.96. The minimum Gasteiger partial charge on any atom is -0.494 e. The van der Waals surface area contributed by atoms with Gasteiger partial charge in [-0.2, -0.15) is 0 Å². The summed E-state index contributed by atoms with van der Waals surface area (Å²) in [4.78, 5) is 28.5. The Morgan fingerprint density at radius 1 is 0.926 bits per heavy atom. The zero-order valence-corrected chi connectivity index (χ0v) is 15.9. The highest BCUT2D eigenvalue weighted by atomic mass is 35.5. The fourth-order valence-corrected chi connectivity index (χ4v) is 3.24. The molecule has 1 aliphatic heterocycles. The van der Waals surface area contributed by atoms with Crippen molar-refractivity contribution < 1.29 is 14.3 Å². The van der Waals surface area contributed by atoms with Crippen molar-refractivity contribution in [3.05, 3.63) is 65.2 Å². The lowest BCUT2D eigenvalue weighted by Gasteiger charge is -2.35. The number of rotatable bonds is 6. The van der Waals surface area contributed by atoms with Gasteiger partial charge in [-0.15, -0.1) is 0 Å². The zero-order valence-electron chi connectivity index (χ0n) is 15.1. The van der Waals surface area contributed by atoms with E-state index >= 15 is 0 Å². The number of carbonyl (C=O) groups is 2. The minimum atomic E-state index is -0.0409. The van der Waals surface area contributed by atoms with E-state index in [1.807, 2.05) is 35.2 Å². The first-order chi connectivity index (χ1) is 13.1. The second-order valence-electron chi connectivity index (χ2n) is 6.45. The largest absolute Gasteiger partial charge is 0.494 e. The van der Waals surface area contributed by atoms with E-state index in [9.17, 15) is 9.59 Å². The lowest BCUT2D eigenvalue weighted by Crippen LogP contribution is -2.50. The van der Waals surface area contributed by atoms with Crippen molar-refractivity contribution in [3.8, 4) is 5.75 Å². The Balaban J connectivity index is 1.39. The quantitative estimate of drug-likeness (QED) is 0.714. The smallest absolute Gasteiger partial charge is 0.254 e. The molecule has 27 heavy (non-hydrogen) atoms. The van der Waals surface area contributed by atoms with Gasteiger partial charge in [-0.1, -0.05) is 35.9 Å². The van der Waals surface area contributed by atoms with E-state index in [4.69, 9.17) is 16.3 Å². The third-order valence-electron chi connectivity index (χ3n) is 4.54. The number of ether oxygens (including phenoxy) is 1. The Morgan fingerprint density at radius 2 is 1.63 bits per heavy atom. The molecule has 1 heterocycles. The molecule has 2 amide bonds. The molecule has 0 aromatic heterocycles. The highest BCUT2D eigenvalue weighted by Gasteiger charge is 2.24. The maximum atomic E-state index is 12.5. The van der Waals surface area contributed by atoms with Gasteiger partial charge in [-0.25, -0.2) is 0 Å². The number of piperazine rings is 1. The molecule has 0 spiro atoms. The van der Waals surface area contributed by atoms with Crippen molar-refractivity contribution in [3.63, 3.8) is 0 Å². The Labute approximate surface area is 164 Å². The first-order valence-corrected chi connectivity index (χ1v) is 9.52. The van der Waals surface area contributed by atoms with E-state index < -0.39 is 0 Å². The van der Waals surface area contributed by atoms with Crippen LogP contribution in [0.15, 0.2) is 54.6 Å². The molecular weight excluding hydrogens is 364 g/mol. The van der Waals surface area contributed by atoms with E-state index in [1.54, 1.807) is 29.2 Å². The average Bonchev–Trinajstić information content (AvgIpc) is 2.71. The standard InChI is InChI=1S/C21H23ClN2O3/c22-18-7-4-6-17(16-18)21(26)24-13-11-23(12-14-24)20(25)10-5-15-27-19-8-2-1-3-9-19/h1-4,6-9,16H,5,10-15H2. The molecule has 0 bridgehead atoms. The molecule has 2 aromatic carbocycles. The highest BCUT2D eigenvalue weighted by Crippen LogP contribution is 2.15. The maximum Gasteiger partial charge on any atom is 0.254 e. The van der Waals surface area contributed by atoms with Gasteiger partial charge in [0.1, 0.15) is 5.75 Å². The Hall–Kier alpha value is -2.53. The lowest BCUT2D eigenvalue weighted by atomic mass is 10.1. The molecule has 1 saturated heterocycles. The van der Waals surface area contributed by atoms with Crippen molar-refractivity contribution in [2.45, 2.75) is 12.8 Å². The number of hydrogen-bond acceptors (Lipinski definition) is 3. The molecule has 3 rings (SSSR count). The number of nitrogens with zero attached hydrogens (tertiary/aromatic N) is 2. The molecule has 0 radical (unpaired) electrons. The molecule has 142 valence electrons. The second-order valence-corrected chi connectivity index (χ2v) is 6.88. The van der Waals surface area contributed by atoms with Gasteiger partial charge in [-0.3, -0.25) is 9.59 Å². The van der Waals surface area contributed by atoms with Crippen LogP contribution in [0.25, 0.3) is 0 Å². The van der Waals surface area contributed by atoms with Crippen molar-refractivity contribution in [1.29, 1.82) is 0 Å². The number of halogens is 1. The van der Waals surface area contributed by atoms with Crippen molar-refractivity contribution >= 4 is 23.4 Å². The van der Waals surface area contributed by atoms with Gasteiger partial charge in [-0.05, 0) is 36.8 Å². The first-order valence-electron chi connectivity index (χ1n) is 9.14. The normalized spacial score (nSPS) is 14.1. The third kappa shape index (κ3) is 5.47. The third-order valence-corrected chi connectivity index (χ3v) is 4.77. The first kappa shape index (κ1) is 19.2. The van der Waals surface area contributed by atoms with Crippen molar-refractivity contribution in [1.82, 2.24) is 9.80 Å². The number of carbonyl (C=O) groups excluding carboxylic acids is 2. The summed E-state index contributed by atoms with van der Waals surface area (Å²) in [5.41, 5.74) is 0.584. The molecule has 0 aliphatic carbocycles. The second kappa shape index (κ2) is 9.42. The molecule has 0 N–H and O–H groups in total. The van der Waals surface area contributed by atoms with Crippen LogP contribution < -0.4 is 4.74 Å². The van der Waals surface area contributed by atoms with Gasteiger partial charge in [0.2, 0.25) is 5.91 Å². The molecule has 6 heteroatoms. The average molecular weight is 387 g/mol. The summed E-state index contributed by atoms with van der Waals surface area (Å²) in [5.74, 6) is 0.889. The molecule has 0 saturated carbocycles. The lowest BCUT2D eigenvalue weighted by molar-refractivity contribution is -0.132. The van der Waals surface area contributed by atoms with Gasteiger partial charge in [0.25, 0.3) is 5.91 Å². The maximum absolute atomic E-state index is 12.5. The minimum absolute atomic E-state index is 0.0409. The van der Waals surface area contributed by atoms with Crippen LogP contribution in [-0.2, 0) is 4.79 Å². The molecule has 1 aliphatic rings. The van der Waals surface area contributed by atoms with E-state index in [2.05, 4.69) is 0 Å². The number of para-hydroxylation sites is 1. The van der Waals surface area contributed by atoms with E-state index in [0.717, 1.165) is 5.75 Å². The van der Waals surface area contributed by atoms with Gasteiger partial charge in [0.05, 0.1) is 6.61 Å². The Morgan fingerprint density at radius 3 is 2.33 bits per heavy atom. The van der Waals surface area contributed by atoms with Gasteiger partial charge < -0.3 is 14.5 Å². The molecule has 5 nitrogen and oxygen atoms in total. The monoisotopic (exact) mass is 386 g/mol. The van der Waals surface area contributed by atoms with Gasteiger partial charge in [0, 0.05) is 43.2 Å². The zero-order chi connectivity index (χ0) is 19.1. The summed E-state index contributed by atoms with van der Waals surface area (Å²) < 4.78 is 5.62. The summed E-state index contributed by atoms with van der Waals surface area (Å²) in [6.07, 6.45) is 1.13. The molecule has 0 atom stereocenters. The fourth-order valence-electron chi connectivity index (χ4n) is 3.05. The highest BCUT2D eigenvalue weighted by molar-refractivity contribution is 6.30. The van der Waals surface area contributed by atoms with Crippen LogP contribution in [0, 0.1) is 0 Å². The number of benzene rings is 2. The Kier molecular flexibility index (Phi) is 6.71. The van der Waals surface area contributed by atoms with Crippen LogP contribution in [0.4, 0.5) is 0 Å². The topological polar surface area (TPSA) is 49.9 Å². The van der Waals surface area contributed by atoms with Crippen molar-refractivity contribution in [2.75, 3.05) is 32.8 Å². The fraction of sp³-hybridized carbons (Fsp3) is 0.333. The number of hydrogen-bond donors (Lipinski definition) is 0. The van der Waals surface area contributed by atoms with Crippen LogP contribution in [0.3, 0.4) is 0 Å². The van der Waals surface area contributed by atoms with Crippen LogP contribution >= 0.6 is 11.6 Å². The van der Waals surface area contributed by atoms with Gasteiger partial charge >= 0.3 is 0 Å². The van der Waals surface area contributed by atoms with Crippen LogP contribution in [0.5, 0.6) is 5.75 Å². The summed E-state index contributed by atoms with van der Waals surface area (Å²) in [6, 6.07) is 16.5. The summed E-state index contributed by atoms with van der Waals surface area (Å²) in [6.45, 7) is 2.72. The number of amides is 2. The Bertz CT molecular complexity index is 774. The van der Waals surface area contributed by atoms with E-state index in [0.29, 0.717) is 56.2 Å². The van der Waals surface area contributed by atoms with E-state index in [1.165, 1.54) is 0 Å². The molecule has 0 unspecified atom stereocenters. The van der Waals surface area contributed by atoms with E-state index in [-0.39, 0.29) is 11.8 Å². The molecular formula is C21H23ClN2O3. The summed E-state index contributed by atoms with van der Waals surface area (Å²) in [7, 11) is 0. The van der Waals surface area contributed by atoms with Crippen LogP contribution in [0.1, 0.15) is 23.2 Å². The molecule has 1 fully saturated rings. The van der Waals surface area contributed by atoms with Crippen molar-refractivity contribution in [2.24, 2.45) is 0 Å². The van der Waals surface area contributed by atoms with Gasteiger partial charge in [0.15, 0.2) is 0 Å². The predicted octanol–water partition coefficient (Wildman–Crippen LogP) is 3.48. The SMILES string of the molecule is O=C(CCCOc1ccccc1)N1CCN(C(=O)c2cccc(Cl)c2)CC1.